The van der Waals surface area contributed by atoms with Gasteiger partial charge in [-0.15, -0.1) is 11.8 Å². The molecule has 0 aliphatic carbocycles. The summed E-state index contributed by atoms with van der Waals surface area (Å²) in [5, 5.41) is 15.5. The molecule has 5 rings (SSSR count). The number of hydrogen-bond acceptors (Lipinski definition) is 7. The van der Waals surface area contributed by atoms with Gasteiger partial charge in [0.15, 0.2) is 0 Å². The van der Waals surface area contributed by atoms with E-state index in [9.17, 15) is 33.7 Å². The second kappa shape index (κ2) is 13.1. The summed E-state index contributed by atoms with van der Waals surface area (Å²) < 4.78 is 13.8. The van der Waals surface area contributed by atoms with E-state index in [0.717, 1.165) is 16.7 Å². The monoisotopic (exact) mass is 610 g/mol. The number of nitrogens with one attached hydrogen (secondary N) is 2. The molecule has 10 nitrogen and oxygen atoms in total. The van der Waals surface area contributed by atoms with Gasteiger partial charge in [-0.3, -0.25) is 29.3 Å². The third-order valence-corrected chi connectivity index (χ3v) is 7.66. The highest BCUT2D eigenvalue weighted by molar-refractivity contribution is 8.00. The molecule has 220 valence electrons. The van der Waals surface area contributed by atoms with Crippen LogP contribution in [0.25, 0.3) is 6.08 Å². The smallest absolute Gasteiger partial charge is 0.272 e. The summed E-state index contributed by atoms with van der Waals surface area (Å²) in [6.45, 7) is 0. The number of amides is 4. The van der Waals surface area contributed by atoms with Gasteiger partial charge in [0.05, 0.1) is 15.9 Å². The van der Waals surface area contributed by atoms with E-state index in [1.165, 1.54) is 48.5 Å². The molecule has 4 aromatic carbocycles. The van der Waals surface area contributed by atoms with Gasteiger partial charge in [-0.05, 0) is 66.2 Å². The Bertz CT molecular complexity index is 1800. The molecule has 44 heavy (non-hydrogen) atoms. The fourth-order valence-corrected chi connectivity index (χ4v) is 5.52. The number of imide groups is 1. The van der Waals surface area contributed by atoms with E-state index < -0.39 is 39.6 Å². The lowest BCUT2D eigenvalue weighted by Gasteiger charge is -2.15. The first-order valence-corrected chi connectivity index (χ1v) is 14.1. The second-order valence-electron chi connectivity index (χ2n) is 9.57. The summed E-state index contributed by atoms with van der Waals surface area (Å²) in [5.74, 6) is -2.61. The van der Waals surface area contributed by atoms with Crippen LogP contribution in [-0.2, 0) is 14.4 Å². The van der Waals surface area contributed by atoms with Crippen molar-refractivity contribution in [3.8, 4) is 0 Å². The maximum Gasteiger partial charge on any atom is 0.272 e. The van der Waals surface area contributed by atoms with Gasteiger partial charge in [0, 0.05) is 34.7 Å². The Labute approximate surface area is 254 Å². The third-order valence-electron chi connectivity index (χ3n) is 6.48. The van der Waals surface area contributed by atoms with Crippen molar-refractivity contribution < 1.29 is 28.5 Å². The third kappa shape index (κ3) is 7.05. The topological polar surface area (TPSA) is 139 Å². The number of thioether (sulfide) groups is 1. The Kier molecular flexibility index (Phi) is 8.91. The lowest BCUT2D eigenvalue weighted by molar-refractivity contribution is -0.384. The largest absolute Gasteiger partial charge is 0.321 e. The van der Waals surface area contributed by atoms with Gasteiger partial charge < -0.3 is 10.6 Å². The minimum Gasteiger partial charge on any atom is -0.321 e. The molecule has 1 aliphatic heterocycles. The molecule has 1 heterocycles. The summed E-state index contributed by atoms with van der Waals surface area (Å²) in [6, 6.07) is 25.6. The molecule has 12 heteroatoms. The molecule has 2 N–H and O–H groups in total. The molecule has 4 aromatic rings. The standard InChI is InChI=1S/C32H23FN4O6S/c33-22-9-4-6-20(16-22)17-27(35-30(39)21-7-2-1-3-8-21)31(40)34-23-10-5-11-26(18-23)44-28-19-29(38)36(32(28)41)24-12-14-25(15-13-24)37(42)43/h1-18,28H,19H2,(H,34,40)(H,35,39)/b27-17-/t28-/m0/s1. The van der Waals surface area contributed by atoms with E-state index in [1.807, 2.05) is 0 Å². The van der Waals surface area contributed by atoms with Crippen molar-refractivity contribution in [3.05, 3.63) is 136 Å². The van der Waals surface area contributed by atoms with Crippen molar-refractivity contribution in [1.82, 2.24) is 5.32 Å². The van der Waals surface area contributed by atoms with Crippen LogP contribution in [-0.4, -0.2) is 33.8 Å². The van der Waals surface area contributed by atoms with Crippen LogP contribution in [0.3, 0.4) is 0 Å². The zero-order valence-corrected chi connectivity index (χ0v) is 23.6. The van der Waals surface area contributed by atoms with E-state index >= 15 is 0 Å². The molecule has 4 amide bonds. The fourth-order valence-electron chi connectivity index (χ4n) is 4.41. The summed E-state index contributed by atoms with van der Waals surface area (Å²) in [5.41, 5.74) is 0.981. The first kappa shape index (κ1) is 29.9. The van der Waals surface area contributed by atoms with Crippen LogP contribution in [0.1, 0.15) is 22.3 Å². The highest BCUT2D eigenvalue weighted by Crippen LogP contribution is 2.35. The molecular formula is C32H23FN4O6S. The van der Waals surface area contributed by atoms with Gasteiger partial charge in [0.1, 0.15) is 11.5 Å². The van der Waals surface area contributed by atoms with E-state index in [-0.39, 0.29) is 23.5 Å². The number of benzene rings is 4. The number of hydrogen-bond donors (Lipinski definition) is 2. The minimum absolute atomic E-state index is 0.0802. The normalized spacial score (nSPS) is 14.8. The average molecular weight is 611 g/mol. The Hall–Kier alpha value is -5.62. The highest BCUT2D eigenvalue weighted by Gasteiger charge is 2.40. The molecule has 1 aliphatic rings. The number of nitrogens with zero attached hydrogens (tertiary/aromatic N) is 2. The van der Waals surface area contributed by atoms with Crippen molar-refractivity contribution in [2.24, 2.45) is 0 Å². The zero-order chi connectivity index (χ0) is 31.2. The predicted molar refractivity (Wildman–Crippen MR) is 163 cm³/mol. The molecule has 0 saturated carbocycles. The van der Waals surface area contributed by atoms with Gasteiger partial charge in [-0.25, -0.2) is 9.29 Å². The molecule has 1 saturated heterocycles. The Morgan fingerprint density at radius 2 is 1.66 bits per heavy atom. The SMILES string of the molecule is O=C(Nc1cccc(S[C@H]2CC(=O)N(c3ccc([N+](=O)[O-])cc3)C2=O)c1)/C(=C/c1cccc(F)c1)NC(=O)c1ccccc1. The number of carbonyl (C=O) groups is 4. The number of nitro benzene ring substituents is 1. The quantitative estimate of drug-likeness (QED) is 0.109. The maximum absolute atomic E-state index is 13.8. The number of anilines is 2. The Morgan fingerprint density at radius 1 is 0.932 bits per heavy atom. The van der Waals surface area contributed by atoms with Crippen LogP contribution >= 0.6 is 11.8 Å². The van der Waals surface area contributed by atoms with Crippen LogP contribution in [0.4, 0.5) is 21.5 Å². The van der Waals surface area contributed by atoms with Crippen LogP contribution < -0.4 is 15.5 Å². The van der Waals surface area contributed by atoms with Gasteiger partial charge in [-0.1, -0.05) is 36.4 Å². The number of rotatable bonds is 9. The second-order valence-corrected chi connectivity index (χ2v) is 10.8. The van der Waals surface area contributed by atoms with E-state index in [2.05, 4.69) is 10.6 Å². The zero-order valence-electron chi connectivity index (χ0n) is 22.8. The molecular weight excluding hydrogens is 587 g/mol. The van der Waals surface area contributed by atoms with Crippen LogP contribution in [0.2, 0.25) is 0 Å². The predicted octanol–water partition coefficient (Wildman–Crippen LogP) is 5.57. The van der Waals surface area contributed by atoms with Crippen LogP contribution in [0.15, 0.2) is 114 Å². The molecule has 0 bridgehead atoms. The van der Waals surface area contributed by atoms with Gasteiger partial charge >= 0.3 is 0 Å². The van der Waals surface area contributed by atoms with E-state index in [1.54, 1.807) is 60.7 Å². The van der Waals surface area contributed by atoms with Crippen molar-refractivity contribution in [3.63, 3.8) is 0 Å². The van der Waals surface area contributed by atoms with Gasteiger partial charge in [-0.2, -0.15) is 0 Å². The molecule has 0 unspecified atom stereocenters. The van der Waals surface area contributed by atoms with Crippen molar-refractivity contribution in [1.29, 1.82) is 0 Å². The first-order valence-electron chi connectivity index (χ1n) is 13.2. The average Bonchev–Trinajstić information content (AvgIpc) is 3.29. The van der Waals surface area contributed by atoms with Gasteiger partial charge in [0.2, 0.25) is 11.8 Å². The number of nitro groups is 1. The summed E-state index contributed by atoms with van der Waals surface area (Å²) in [4.78, 5) is 64.0. The molecule has 0 radical (unpaired) electrons. The molecule has 1 fully saturated rings. The maximum atomic E-state index is 13.8. The Morgan fingerprint density at radius 3 is 2.36 bits per heavy atom. The molecule has 0 spiro atoms. The van der Waals surface area contributed by atoms with Crippen molar-refractivity contribution >= 4 is 58.5 Å². The Balaban J connectivity index is 1.31. The lowest BCUT2D eigenvalue weighted by Crippen LogP contribution is -2.31. The fraction of sp³-hybridized carbons (Fsp3) is 0.0625. The van der Waals surface area contributed by atoms with E-state index in [0.29, 0.717) is 21.7 Å². The minimum atomic E-state index is -0.753. The molecule has 1 atom stereocenters. The summed E-state index contributed by atoms with van der Waals surface area (Å²) in [7, 11) is 0. The van der Waals surface area contributed by atoms with Crippen molar-refractivity contribution in [2.45, 2.75) is 16.6 Å². The summed E-state index contributed by atoms with van der Waals surface area (Å²) >= 11 is 1.13. The first-order chi connectivity index (χ1) is 21.2. The van der Waals surface area contributed by atoms with Crippen molar-refractivity contribution in [2.75, 3.05) is 10.2 Å². The highest BCUT2D eigenvalue weighted by atomic mass is 32.2. The van der Waals surface area contributed by atoms with Crippen LogP contribution in [0, 0.1) is 15.9 Å². The molecule has 0 aromatic heterocycles. The number of non-ortho nitro benzene ring substituents is 1. The van der Waals surface area contributed by atoms with Crippen LogP contribution in [0.5, 0.6) is 0 Å². The van der Waals surface area contributed by atoms with E-state index in [4.69, 9.17) is 0 Å². The number of carbonyl (C=O) groups excluding carboxylic acids is 4. The van der Waals surface area contributed by atoms with Gasteiger partial charge in [0.25, 0.3) is 17.5 Å². The summed E-state index contributed by atoms with van der Waals surface area (Å²) in [6.07, 6.45) is 1.27. The number of halogens is 1. The lowest BCUT2D eigenvalue weighted by atomic mass is 10.1.